The second-order valence-corrected chi connectivity index (χ2v) is 10.6. The quantitative estimate of drug-likeness (QED) is 0.259. The number of ether oxygens (including phenoxy) is 1. The predicted octanol–water partition coefficient (Wildman–Crippen LogP) is 5.72. The van der Waals surface area contributed by atoms with Gasteiger partial charge in [0.05, 0.1) is 5.52 Å². The lowest BCUT2D eigenvalue weighted by atomic mass is 9.98. The van der Waals surface area contributed by atoms with Crippen LogP contribution in [0.15, 0.2) is 85.2 Å². The molecule has 0 bridgehead atoms. The number of fused-ring (bicyclic) bond motifs is 1. The van der Waals surface area contributed by atoms with Crippen molar-refractivity contribution >= 4 is 40.0 Å². The minimum Gasteiger partial charge on any atom is -0.406 e. The van der Waals surface area contributed by atoms with E-state index in [1.54, 1.807) is 45.0 Å². The molecular weight excluding hydrogens is 575 g/mol. The number of hydrogen-bond acceptors (Lipinski definition) is 5. The number of H-pyrrole nitrogens is 1. The highest BCUT2D eigenvalue weighted by Gasteiger charge is 2.38. The van der Waals surface area contributed by atoms with E-state index in [1.807, 2.05) is 30.3 Å². The van der Waals surface area contributed by atoms with Crippen LogP contribution in [0.25, 0.3) is 10.9 Å². The first-order valence-electron chi connectivity index (χ1n) is 13.9. The molecule has 1 aliphatic heterocycles. The molecule has 1 N–H and O–H groups in total. The normalized spacial score (nSPS) is 15.7. The topological polar surface area (TPSA) is 98.8 Å². The second-order valence-electron chi connectivity index (χ2n) is 10.6. The fourth-order valence-corrected chi connectivity index (χ4v) is 5.27. The lowest BCUT2D eigenvalue weighted by Gasteiger charge is -2.31. The maximum absolute atomic E-state index is 14.0. The van der Waals surface area contributed by atoms with Crippen LogP contribution in [0.5, 0.6) is 5.75 Å². The summed E-state index contributed by atoms with van der Waals surface area (Å²) in [4.78, 5) is 45.7. The summed E-state index contributed by atoms with van der Waals surface area (Å²) in [6, 6.07) is 19.5. The van der Waals surface area contributed by atoms with Gasteiger partial charge in [0.2, 0.25) is 17.7 Å². The van der Waals surface area contributed by atoms with Crippen molar-refractivity contribution in [2.75, 3.05) is 16.3 Å². The Labute approximate surface area is 251 Å². The van der Waals surface area contributed by atoms with Crippen LogP contribution in [0.4, 0.5) is 24.5 Å². The van der Waals surface area contributed by atoms with E-state index in [2.05, 4.69) is 14.9 Å². The molecule has 1 aliphatic rings. The molecule has 0 radical (unpaired) electrons. The molecule has 5 rings (SSSR count). The summed E-state index contributed by atoms with van der Waals surface area (Å²) in [5.74, 6) is -3.13. The first kappa shape index (κ1) is 30.3. The molecule has 12 heteroatoms. The predicted molar refractivity (Wildman–Crippen MR) is 159 cm³/mol. The zero-order chi connectivity index (χ0) is 31.6. The lowest BCUT2D eigenvalue weighted by Crippen LogP contribution is -2.47. The maximum atomic E-state index is 14.0. The number of benzene rings is 3. The summed E-state index contributed by atoms with van der Waals surface area (Å²) in [5.41, 5.74) is 2.59. The van der Waals surface area contributed by atoms with Crippen molar-refractivity contribution in [2.24, 2.45) is 5.92 Å². The average Bonchev–Trinajstić information content (AvgIpc) is 3.34. The number of hydrogen-bond donors (Lipinski definition) is 1. The smallest absolute Gasteiger partial charge is 0.406 e. The zero-order valence-electron chi connectivity index (χ0n) is 24.2. The van der Waals surface area contributed by atoms with E-state index >= 15 is 0 Å². The van der Waals surface area contributed by atoms with Crippen molar-refractivity contribution in [1.29, 1.82) is 0 Å². The number of alkyl halides is 3. The number of nitrogens with one attached hydrogen (secondary N) is 1. The Morgan fingerprint density at radius 3 is 2.39 bits per heavy atom. The number of para-hydroxylation sites is 2. The molecule has 44 heavy (non-hydrogen) atoms. The lowest BCUT2D eigenvalue weighted by molar-refractivity contribution is -0.274. The van der Waals surface area contributed by atoms with Gasteiger partial charge in [-0.1, -0.05) is 36.4 Å². The van der Waals surface area contributed by atoms with E-state index in [1.165, 1.54) is 39.2 Å². The molecule has 9 nitrogen and oxygen atoms in total. The standard InChI is InChI=1S/C32H30F3N5O4/c1-20(2)40(28-14-13-23(17-21(28)3)44-32(33,34)35)29(41)19-38-15-16-39(22-9-5-4-6-10-22)31(43)25(30(38)42)18-27-24-11-7-8-12-26(24)36-37-27/h4-17,20,25H,18-19H2,1-3H3,(H,36,37). The molecule has 1 atom stereocenters. The molecule has 3 aromatic carbocycles. The van der Waals surface area contributed by atoms with Crippen molar-refractivity contribution in [2.45, 2.75) is 39.6 Å². The van der Waals surface area contributed by atoms with Crippen LogP contribution in [0, 0.1) is 12.8 Å². The third-order valence-electron chi connectivity index (χ3n) is 7.25. The van der Waals surface area contributed by atoms with Gasteiger partial charge in [-0.05, 0) is 62.7 Å². The average molecular weight is 606 g/mol. The molecule has 4 aromatic rings. The third-order valence-corrected chi connectivity index (χ3v) is 7.25. The summed E-state index contributed by atoms with van der Waals surface area (Å²) >= 11 is 0. The highest BCUT2D eigenvalue weighted by molar-refractivity contribution is 6.11. The number of nitrogens with zero attached hydrogens (tertiary/aromatic N) is 4. The van der Waals surface area contributed by atoms with Crippen LogP contribution in [-0.4, -0.2) is 51.8 Å². The highest BCUT2D eigenvalue weighted by atomic mass is 19.4. The Kier molecular flexibility index (Phi) is 8.43. The maximum Gasteiger partial charge on any atom is 0.573 e. The molecular formula is C32H30F3N5O4. The molecule has 0 saturated heterocycles. The van der Waals surface area contributed by atoms with Gasteiger partial charge in [0.1, 0.15) is 18.2 Å². The molecule has 0 fully saturated rings. The van der Waals surface area contributed by atoms with Gasteiger partial charge in [0.15, 0.2) is 0 Å². The number of halogens is 3. The molecule has 3 amide bonds. The summed E-state index contributed by atoms with van der Waals surface area (Å²) < 4.78 is 42.3. The van der Waals surface area contributed by atoms with Gasteiger partial charge in [-0.2, -0.15) is 5.10 Å². The first-order chi connectivity index (χ1) is 20.9. The number of carbonyl (C=O) groups excluding carboxylic acids is 3. The van der Waals surface area contributed by atoms with Crippen molar-refractivity contribution in [1.82, 2.24) is 15.1 Å². The Morgan fingerprint density at radius 1 is 1.00 bits per heavy atom. The first-order valence-corrected chi connectivity index (χ1v) is 13.9. The summed E-state index contributed by atoms with van der Waals surface area (Å²) in [5, 5.41) is 8.01. The highest BCUT2D eigenvalue weighted by Crippen LogP contribution is 2.31. The van der Waals surface area contributed by atoms with Crippen LogP contribution in [-0.2, 0) is 20.8 Å². The molecule has 228 valence electrons. The number of aromatic nitrogens is 2. The van der Waals surface area contributed by atoms with Gasteiger partial charge in [-0.3, -0.25) is 24.4 Å². The van der Waals surface area contributed by atoms with Crippen molar-refractivity contribution in [3.05, 3.63) is 96.5 Å². The number of carbonyl (C=O) groups is 3. The Balaban J connectivity index is 1.46. The molecule has 1 aromatic heterocycles. The number of amides is 3. The minimum atomic E-state index is -4.86. The molecule has 1 unspecified atom stereocenters. The van der Waals surface area contributed by atoms with Crippen molar-refractivity contribution in [3.63, 3.8) is 0 Å². The number of rotatable bonds is 8. The fraction of sp³-hybridized carbons (Fsp3) is 0.250. The third kappa shape index (κ3) is 6.43. The van der Waals surface area contributed by atoms with E-state index in [-0.39, 0.29) is 6.42 Å². The van der Waals surface area contributed by atoms with Gasteiger partial charge in [-0.15, -0.1) is 13.2 Å². The minimum absolute atomic E-state index is 0.0154. The monoisotopic (exact) mass is 605 g/mol. The zero-order valence-corrected chi connectivity index (χ0v) is 24.2. The number of aryl methyl sites for hydroxylation is 1. The summed E-state index contributed by atoms with van der Waals surface area (Å²) in [6.07, 6.45) is -1.98. The van der Waals surface area contributed by atoms with Gasteiger partial charge < -0.3 is 14.5 Å². The van der Waals surface area contributed by atoms with Gasteiger partial charge in [-0.25, -0.2) is 0 Å². The van der Waals surface area contributed by atoms with E-state index in [0.29, 0.717) is 28.1 Å². The number of anilines is 2. The van der Waals surface area contributed by atoms with Crippen molar-refractivity contribution < 1.29 is 32.3 Å². The van der Waals surface area contributed by atoms with Crippen LogP contribution in [0.1, 0.15) is 25.1 Å². The molecule has 0 saturated carbocycles. The molecule has 0 spiro atoms. The van der Waals surface area contributed by atoms with Crippen LogP contribution in [0.3, 0.4) is 0 Å². The fourth-order valence-electron chi connectivity index (χ4n) is 5.27. The number of aromatic amines is 1. The van der Waals surface area contributed by atoms with Crippen LogP contribution >= 0.6 is 0 Å². The van der Waals surface area contributed by atoms with E-state index in [4.69, 9.17) is 0 Å². The summed E-state index contributed by atoms with van der Waals surface area (Å²) in [6.45, 7) is 4.66. The van der Waals surface area contributed by atoms with Gasteiger partial charge in [0.25, 0.3) is 0 Å². The summed E-state index contributed by atoms with van der Waals surface area (Å²) in [7, 11) is 0. The van der Waals surface area contributed by atoms with Gasteiger partial charge >= 0.3 is 6.36 Å². The SMILES string of the molecule is Cc1cc(OC(F)(F)F)ccc1N(C(=O)CN1C=CN(c2ccccc2)C(=O)C(Cc2[nH]nc3ccccc23)C1=O)C(C)C. The Morgan fingerprint density at radius 2 is 1.70 bits per heavy atom. The Bertz CT molecular complexity index is 1720. The van der Waals surface area contributed by atoms with E-state index < -0.39 is 48.3 Å². The molecule has 0 aliphatic carbocycles. The largest absolute Gasteiger partial charge is 0.573 e. The second kappa shape index (κ2) is 12.2. The van der Waals surface area contributed by atoms with Gasteiger partial charge in [0, 0.05) is 47.3 Å². The van der Waals surface area contributed by atoms with Crippen molar-refractivity contribution in [3.8, 4) is 5.75 Å². The van der Waals surface area contributed by atoms with E-state index in [9.17, 15) is 27.6 Å². The van der Waals surface area contributed by atoms with E-state index in [0.717, 1.165) is 11.5 Å². The van der Waals surface area contributed by atoms with Crippen LogP contribution in [0.2, 0.25) is 0 Å². The van der Waals surface area contributed by atoms with Crippen LogP contribution < -0.4 is 14.5 Å². The Hall–Kier alpha value is -5.13. The molecule has 2 heterocycles.